The lowest BCUT2D eigenvalue weighted by Gasteiger charge is -2.35. The molecule has 0 bridgehead atoms. The van der Waals surface area contributed by atoms with Crippen molar-refractivity contribution in [1.29, 1.82) is 0 Å². The van der Waals surface area contributed by atoms with Crippen molar-refractivity contribution in [3.05, 3.63) is 29.8 Å². The molecule has 0 saturated carbocycles. The monoisotopic (exact) mass is 359 g/mol. The van der Waals surface area contributed by atoms with Gasteiger partial charge in [0.25, 0.3) is 5.91 Å². The molecule has 0 unspecified atom stereocenters. The number of hydrogen-bond donors (Lipinski definition) is 0. The fourth-order valence-electron chi connectivity index (χ4n) is 3.72. The third-order valence-electron chi connectivity index (χ3n) is 5.35. The molecule has 3 rings (SSSR count). The molecule has 26 heavy (non-hydrogen) atoms. The van der Waals surface area contributed by atoms with Crippen molar-refractivity contribution in [2.75, 3.05) is 52.9 Å². The van der Waals surface area contributed by atoms with E-state index < -0.39 is 0 Å². The minimum absolute atomic E-state index is 0.0199. The van der Waals surface area contributed by atoms with Gasteiger partial charge < -0.3 is 14.5 Å². The first kappa shape index (κ1) is 18.7. The molecule has 2 aliphatic heterocycles. The Morgan fingerprint density at radius 1 is 0.923 bits per heavy atom. The molecule has 2 saturated heterocycles. The largest absolute Gasteiger partial charge is 0.496 e. The maximum Gasteiger partial charge on any atom is 0.257 e. The molecule has 6 heteroatoms. The molecule has 1 aromatic carbocycles. The van der Waals surface area contributed by atoms with Crippen molar-refractivity contribution in [1.82, 2.24) is 14.7 Å². The van der Waals surface area contributed by atoms with Gasteiger partial charge in [0.2, 0.25) is 5.91 Å². The highest BCUT2D eigenvalue weighted by Gasteiger charge is 2.25. The highest BCUT2D eigenvalue weighted by Crippen LogP contribution is 2.20. The first-order valence-corrected chi connectivity index (χ1v) is 9.61. The van der Waals surface area contributed by atoms with E-state index in [0.29, 0.717) is 30.8 Å². The van der Waals surface area contributed by atoms with Crippen molar-refractivity contribution < 1.29 is 14.3 Å². The van der Waals surface area contributed by atoms with Gasteiger partial charge in [-0.05, 0) is 31.4 Å². The summed E-state index contributed by atoms with van der Waals surface area (Å²) in [5, 5.41) is 0. The number of ether oxygens (including phenoxy) is 1. The van der Waals surface area contributed by atoms with Gasteiger partial charge in [0, 0.05) is 52.2 Å². The second-order valence-electron chi connectivity index (χ2n) is 7.03. The molecule has 2 heterocycles. The number of rotatable bonds is 5. The van der Waals surface area contributed by atoms with Crippen molar-refractivity contribution in [3.8, 4) is 5.75 Å². The maximum absolute atomic E-state index is 12.7. The Hall–Kier alpha value is -2.08. The molecule has 0 spiro atoms. The van der Waals surface area contributed by atoms with Gasteiger partial charge in [-0.3, -0.25) is 14.5 Å². The topological polar surface area (TPSA) is 53.1 Å². The minimum atomic E-state index is 0.0199. The Kier molecular flexibility index (Phi) is 6.50. The number of amides is 2. The molecular formula is C20H29N3O3. The van der Waals surface area contributed by atoms with Gasteiger partial charge in [-0.1, -0.05) is 12.1 Å². The average Bonchev–Trinajstić information content (AvgIpc) is 2.72. The number of carbonyl (C=O) groups is 2. The Morgan fingerprint density at radius 2 is 1.62 bits per heavy atom. The summed E-state index contributed by atoms with van der Waals surface area (Å²) in [5.41, 5.74) is 0.615. The van der Waals surface area contributed by atoms with Crippen LogP contribution < -0.4 is 4.74 Å². The van der Waals surface area contributed by atoms with Crippen LogP contribution in [0.4, 0.5) is 0 Å². The van der Waals surface area contributed by atoms with Gasteiger partial charge in [-0.25, -0.2) is 0 Å². The third-order valence-corrected chi connectivity index (χ3v) is 5.35. The quantitative estimate of drug-likeness (QED) is 0.805. The van der Waals surface area contributed by atoms with Gasteiger partial charge in [0.1, 0.15) is 5.75 Å². The van der Waals surface area contributed by atoms with Crippen LogP contribution in [0.2, 0.25) is 0 Å². The average molecular weight is 359 g/mol. The lowest BCUT2D eigenvalue weighted by molar-refractivity contribution is -0.132. The molecule has 0 aliphatic carbocycles. The van der Waals surface area contributed by atoms with Crippen LogP contribution in [0.3, 0.4) is 0 Å². The fraction of sp³-hybridized carbons (Fsp3) is 0.600. The molecule has 0 aromatic heterocycles. The number of carbonyl (C=O) groups excluding carboxylic acids is 2. The summed E-state index contributed by atoms with van der Waals surface area (Å²) >= 11 is 0. The molecule has 1 aromatic rings. The molecular weight excluding hydrogens is 330 g/mol. The van der Waals surface area contributed by atoms with E-state index in [9.17, 15) is 9.59 Å². The molecule has 0 N–H and O–H groups in total. The van der Waals surface area contributed by atoms with Gasteiger partial charge >= 0.3 is 0 Å². The van der Waals surface area contributed by atoms with Crippen molar-refractivity contribution in [3.63, 3.8) is 0 Å². The number of nitrogens with zero attached hydrogens (tertiary/aromatic N) is 3. The number of methoxy groups -OCH3 is 1. The Morgan fingerprint density at radius 3 is 2.31 bits per heavy atom. The SMILES string of the molecule is COc1ccccc1C(=O)N1CCN(CCC(=O)N2CCCCC2)CC1. The van der Waals surface area contributed by atoms with E-state index in [4.69, 9.17) is 4.74 Å². The number of hydrogen-bond acceptors (Lipinski definition) is 4. The second kappa shape index (κ2) is 9.03. The zero-order valence-corrected chi connectivity index (χ0v) is 15.7. The Balaban J connectivity index is 1.45. The fourth-order valence-corrected chi connectivity index (χ4v) is 3.72. The van der Waals surface area contributed by atoms with Crippen LogP contribution in [0, 0.1) is 0 Å². The highest BCUT2D eigenvalue weighted by atomic mass is 16.5. The van der Waals surface area contributed by atoms with E-state index in [1.165, 1.54) is 6.42 Å². The second-order valence-corrected chi connectivity index (χ2v) is 7.03. The van der Waals surface area contributed by atoms with E-state index in [-0.39, 0.29) is 11.8 Å². The van der Waals surface area contributed by atoms with Gasteiger partial charge in [0.05, 0.1) is 12.7 Å². The Bertz CT molecular complexity index is 620. The third kappa shape index (κ3) is 4.55. The van der Waals surface area contributed by atoms with E-state index in [1.54, 1.807) is 7.11 Å². The molecule has 2 aliphatic rings. The molecule has 142 valence electrons. The summed E-state index contributed by atoms with van der Waals surface area (Å²) in [7, 11) is 1.59. The highest BCUT2D eigenvalue weighted by molar-refractivity contribution is 5.97. The van der Waals surface area contributed by atoms with Gasteiger partial charge in [-0.2, -0.15) is 0 Å². The van der Waals surface area contributed by atoms with Crippen molar-refractivity contribution >= 4 is 11.8 Å². The van der Waals surface area contributed by atoms with Crippen LogP contribution in [0.1, 0.15) is 36.0 Å². The van der Waals surface area contributed by atoms with E-state index in [1.807, 2.05) is 34.1 Å². The number of likely N-dealkylation sites (tertiary alicyclic amines) is 1. The van der Waals surface area contributed by atoms with Crippen LogP contribution in [0.25, 0.3) is 0 Å². The smallest absolute Gasteiger partial charge is 0.257 e. The minimum Gasteiger partial charge on any atom is -0.496 e. The Labute approximate surface area is 155 Å². The first-order valence-electron chi connectivity index (χ1n) is 9.61. The molecule has 0 radical (unpaired) electrons. The predicted molar refractivity (Wildman–Crippen MR) is 100 cm³/mol. The van der Waals surface area contributed by atoms with Crippen LogP contribution in [0.15, 0.2) is 24.3 Å². The van der Waals surface area contributed by atoms with Gasteiger partial charge in [0.15, 0.2) is 0 Å². The van der Waals surface area contributed by atoms with E-state index in [0.717, 1.165) is 45.6 Å². The van der Waals surface area contributed by atoms with Crippen LogP contribution in [-0.2, 0) is 4.79 Å². The predicted octanol–water partition coefficient (Wildman–Crippen LogP) is 1.86. The normalized spacial score (nSPS) is 18.7. The summed E-state index contributed by atoms with van der Waals surface area (Å²) in [6.45, 7) is 5.62. The zero-order valence-electron chi connectivity index (χ0n) is 15.7. The van der Waals surface area contributed by atoms with Crippen LogP contribution in [0.5, 0.6) is 5.75 Å². The standard InChI is InChI=1S/C20H29N3O3/c1-26-18-8-4-3-7-17(18)20(25)23-15-13-21(14-16-23)12-9-19(24)22-10-5-2-6-11-22/h3-4,7-8H,2,5-6,9-16H2,1H3. The summed E-state index contributed by atoms with van der Waals surface area (Å²) in [6, 6.07) is 7.35. The van der Waals surface area contributed by atoms with Crippen LogP contribution >= 0.6 is 0 Å². The van der Waals surface area contributed by atoms with Crippen molar-refractivity contribution in [2.24, 2.45) is 0 Å². The maximum atomic E-state index is 12.7. The first-order chi connectivity index (χ1) is 12.7. The molecule has 6 nitrogen and oxygen atoms in total. The lowest BCUT2D eigenvalue weighted by atomic mass is 10.1. The molecule has 2 amide bonds. The van der Waals surface area contributed by atoms with Crippen molar-refractivity contribution in [2.45, 2.75) is 25.7 Å². The summed E-state index contributed by atoms with van der Waals surface area (Å²) in [4.78, 5) is 31.2. The summed E-state index contributed by atoms with van der Waals surface area (Å²) < 4.78 is 5.30. The van der Waals surface area contributed by atoms with Crippen LogP contribution in [-0.4, -0.2) is 79.4 Å². The zero-order chi connectivity index (χ0) is 18.4. The number of benzene rings is 1. The van der Waals surface area contributed by atoms with E-state index in [2.05, 4.69) is 4.90 Å². The molecule has 2 fully saturated rings. The number of para-hydroxylation sites is 1. The van der Waals surface area contributed by atoms with Gasteiger partial charge in [-0.15, -0.1) is 0 Å². The summed E-state index contributed by atoms with van der Waals surface area (Å²) in [6.07, 6.45) is 4.09. The molecule has 0 atom stereocenters. The number of piperazine rings is 1. The van der Waals surface area contributed by atoms with E-state index >= 15 is 0 Å². The summed E-state index contributed by atoms with van der Waals surface area (Å²) in [5.74, 6) is 0.913. The number of piperidine rings is 1. The lowest BCUT2D eigenvalue weighted by Crippen LogP contribution is -2.49.